The van der Waals surface area contributed by atoms with E-state index in [0.29, 0.717) is 34.2 Å². The second-order valence-electron chi connectivity index (χ2n) is 11.9. The third-order valence-electron chi connectivity index (χ3n) is 8.87. The molecule has 2 heterocycles. The molecular formula is C38H32FN3O5S. The van der Waals surface area contributed by atoms with Gasteiger partial charge >= 0.3 is 0 Å². The number of hydrogen-bond donors (Lipinski definition) is 2. The number of nitrogens with one attached hydrogen (secondary N) is 1. The molecule has 0 fully saturated rings. The minimum absolute atomic E-state index is 0.121. The second kappa shape index (κ2) is 11.9. The van der Waals surface area contributed by atoms with E-state index in [2.05, 4.69) is 22.3 Å². The van der Waals surface area contributed by atoms with E-state index in [9.17, 15) is 22.7 Å². The number of aromatic hydroxyl groups is 1. The van der Waals surface area contributed by atoms with Crippen LogP contribution < -0.4 is 14.5 Å². The van der Waals surface area contributed by atoms with Gasteiger partial charge in [-0.2, -0.15) is 0 Å². The van der Waals surface area contributed by atoms with Crippen LogP contribution in [0.25, 0.3) is 33.4 Å². The van der Waals surface area contributed by atoms with Gasteiger partial charge in [0.05, 0.1) is 23.5 Å². The highest BCUT2D eigenvalue weighted by atomic mass is 32.2. The van der Waals surface area contributed by atoms with Crippen molar-refractivity contribution in [3.8, 4) is 28.2 Å². The van der Waals surface area contributed by atoms with Crippen molar-refractivity contribution in [2.24, 2.45) is 0 Å². The van der Waals surface area contributed by atoms with Gasteiger partial charge in [0.2, 0.25) is 10.0 Å². The maximum atomic E-state index is 13.8. The maximum Gasteiger partial charge on any atom is 0.255 e. The first-order chi connectivity index (χ1) is 23.0. The normalized spacial score (nSPS) is 14.2. The lowest BCUT2D eigenvalue weighted by Gasteiger charge is -2.29. The van der Waals surface area contributed by atoms with Gasteiger partial charge in [-0.15, -0.1) is 0 Å². The average Bonchev–Trinajstić information content (AvgIpc) is 3.66. The minimum Gasteiger partial charge on any atom is -0.508 e. The zero-order chi connectivity index (χ0) is 33.7. The average molecular weight is 662 g/mol. The van der Waals surface area contributed by atoms with Crippen molar-refractivity contribution in [2.75, 3.05) is 29.6 Å². The lowest BCUT2D eigenvalue weighted by Crippen LogP contribution is -2.25. The summed E-state index contributed by atoms with van der Waals surface area (Å²) in [7, 11) is -0.714. The Hall–Kier alpha value is -5.61. The van der Waals surface area contributed by atoms with Gasteiger partial charge in [0, 0.05) is 54.1 Å². The van der Waals surface area contributed by atoms with Crippen molar-refractivity contribution >= 4 is 44.0 Å². The number of anilines is 3. The van der Waals surface area contributed by atoms with E-state index in [-0.39, 0.29) is 23.1 Å². The van der Waals surface area contributed by atoms with Gasteiger partial charge < -0.3 is 19.7 Å². The largest absolute Gasteiger partial charge is 0.508 e. The summed E-state index contributed by atoms with van der Waals surface area (Å²) in [5.41, 5.74) is 6.77. The summed E-state index contributed by atoms with van der Waals surface area (Å²) in [5, 5.41) is 13.5. The third-order valence-corrected chi connectivity index (χ3v) is 10.1. The van der Waals surface area contributed by atoms with Gasteiger partial charge in [-0.25, -0.2) is 12.8 Å². The van der Waals surface area contributed by atoms with Gasteiger partial charge in [-0.3, -0.25) is 9.10 Å². The van der Waals surface area contributed by atoms with Gasteiger partial charge in [-0.1, -0.05) is 42.5 Å². The number of phenolic OH excluding ortho intramolecular Hbond substituents is 1. The molecule has 2 N–H and O–H groups in total. The van der Waals surface area contributed by atoms with Crippen LogP contribution in [0.15, 0.2) is 114 Å². The highest BCUT2D eigenvalue weighted by Gasteiger charge is 2.32. The molecule has 0 bridgehead atoms. The number of amides is 1. The van der Waals surface area contributed by atoms with E-state index in [4.69, 9.17) is 4.42 Å². The SMILES string of the molecule is CNC(=O)c1c(-c2ccc(F)cc2)oc2cc(N(C)S(C)(=O)=O)c(-c3cccc(C4Cc5ccccc5N4c4cccc(O)c4)c3)cc12. The van der Waals surface area contributed by atoms with Crippen LogP contribution in [0.5, 0.6) is 5.75 Å². The van der Waals surface area contributed by atoms with Crippen molar-refractivity contribution < 1.29 is 27.1 Å². The molecule has 0 aliphatic carbocycles. The van der Waals surface area contributed by atoms with Crippen molar-refractivity contribution in [1.29, 1.82) is 0 Å². The fourth-order valence-corrected chi connectivity index (χ4v) is 6.99. The second-order valence-corrected chi connectivity index (χ2v) is 13.9. The monoisotopic (exact) mass is 661 g/mol. The molecule has 0 saturated heterocycles. The molecule has 8 nitrogen and oxygen atoms in total. The van der Waals surface area contributed by atoms with E-state index in [1.807, 2.05) is 48.5 Å². The predicted molar refractivity (Wildman–Crippen MR) is 187 cm³/mol. The van der Waals surface area contributed by atoms with Crippen LogP contribution in [-0.4, -0.2) is 39.8 Å². The molecule has 1 aliphatic heterocycles. The molecule has 1 atom stereocenters. The number of carbonyl (C=O) groups excluding carboxylic acids is 1. The standard InChI is InChI=1S/C38H32FN3O5S/c1-40-38(44)36-31-21-30(34(41(2)48(3,45)46)22-35(31)47-37(36)23-14-16-27(39)17-15-23)24-9-6-10-25(18-24)33-19-26-8-4-5-13-32(26)42(33)28-11-7-12-29(43)20-28/h4-18,20-22,33,43H,19H2,1-3H3,(H,40,44). The van der Waals surface area contributed by atoms with E-state index in [0.717, 1.165) is 34.3 Å². The quantitative estimate of drug-likeness (QED) is 0.181. The molecule has 1 aromatic heterocycles. The van der Waals surface area contributed by atoms with Crippen molar-refractivity contribution in [3.05, 3.63) is 132 Å². The Morgan fingerprint density at radius 2 is 1.69 bits per heavy atom. The highest BCUT2D eigenvalue weighted by molar-refractivity contribution is 7.92. The van der Waals surface area contributed by atoms with Crippen LogP contribution in [0.4, 0.5) is 21.5 Å². The van der Waals surface area contributed by atoms with Crippen LogP contribution in [0.2, 0.25) is 0 Å². The zero-order valence-electron chi connectivity index (χ0n) is 26.4. The van der Waals surface area contributed by atoms with E-state index in [1.54, 1.807) is 24.3 Å². The van der Waals surface area contributed by atoms with E-state index in [1.165, 1.54) is 42.7 Å². The van der Waals surface area contributed by atoms with Gasteiger partial charge in [-0.05, 0) is 77.7 Å². The van der Waals surface area contributed by atoms with E-state index >= 15 is 0 Å². The third kappa shape index (κ3) is 5.43. The summed E-state index contributed by atoms with van der Waals surface area (Å²) in [6, 6.07) is 32.2. The minimum atomic E-state index is -3.71. The summed E-state index contributed by atoms with van der Waals surface area (Å²) in [5.74, 6) is -0.419. The van der Waals surface area contributed by atoms with E-state index < -0.39 is 21.7 Å². The predicted octanol–water partition coefficient (Wildman–Crippen LogP) is 7.80. The molecule has 10 heteroatoms. The number of fused-ring (bicyclic) bond motifs is 2. The van der Waals surface area contributed by atoms with Crippen molar-refractivity contribution in [1.82, 2.24) is 5.32 Å². The van der Waals surface area contributed by atoms with Gasteiger partial charge in [0.1, 0.15) is 22.9 Å². The summed E-state index contributed by atoms with van der Waals surface area (Å²) in [4.78, 5) is 15.5. The lowest BCUT2D eigenvalue weighted by molar-refractivity contribution is 0.0964. The van der Waals surface area contributed by atoms with Crippen LogP contribution in [0.3, 0.4) is 0 Å². The van der Waals surface area contributed by atoms with Crippen LogP contribution >= 0.6 is 0 Å². The van der Waals surface area contributed by atoms with Crippen LogP contribution in [0, 0.1) is 5.82 Å². The number of halogens is 1. The number of furan rings is 1. The first kappa shape index (κ1) is 31.0. The number of rotatable bonds is 7. The smallest absolute Gasteiger partial charge is 0.255 e. The fraction of sp³-hybridized carbons (Fsp3) is 0.132. The molecule has 1 aliphatic rings. The fourth-order valence-electron chi connectivity index (χ4n) is 6.49. The molecular weight excluding hydrogens is 629 g/mol. The van der Waals surface area contributed by atoms with Gasteiger partial charge in [0.25, 0.3) is 5.91 Å². The molecule has 1 amide bonds. The molecule has 0 saturated carbocycles. The molecule has 6 aromatic rings. The van der Waals surface area contributed by atoms with Crippen molar-refractivity contribution in [3.63, 3.8) is 0 Å². The number of carbonyl (C=O) groups is 1. The Morgan fingerprint density at radius 3 is 2.42 bits per heavy atom. The Kier molecular flexibility index (Phi) is 7.68. The van der Waals surface area contributed by atoms with Crippen LogP contribution in [-0.2, 0) is 16.4 Å². The molecule has 7 rings (SSSR count). The molecule has 0 spiro atoms. The summed E-state index contributed by atoms with van der Waals surface area (Å²) in [6.45, 7) is 0. The van der Waals surface area contributed by atoms with Gasteiger partial charge in [0.15, 0.2) is 0 Å². The Bertz CT molecular complexity index is 2320. The summed E-state index contributed by atoms with van der Waals surface area (Å²) < 4.78 is 47.1. The summed E-state index contributed by atoms with van der Waals surface area (Å²) in [6.07, 6.45) is 1.84. The number of nitrogens with zero attached hydrogens (tertiary/aromatic N) is 2. The summed E-state index contributed by atoms with van der Waals surface area (Å²) >= 11 is 0. The van der Waals surface area contributed by atoms with Crippen molar-refractivity contribution in [2.45, 2.75) is 12.5 Å². The molecule has 1 unspecified atom stereocenters. The topological polar surface area (TPSA) is 103 Å². The Balaban J connectivity index is 1.43. The molecule has 242 valence electrons. The molecule has 48 heavy (non-hydrogen) atoms. The molecule has 0 radical (unpaired) electrons. The lowest BCUT2D eigenvalue weighted by atomic mass is 9.94. The number of para-hydroxylation sites is 1. The number of phenols is 1. The number of benzene rings is 5. The number of sulfonamides is 1. The molecule has 5 aromatic carbocycles. The Morgan fingerprint density at radius 1 is 0.938 bits per heavy atom. The first-order valence-electron chi connectivity index (χ1n) is 15.3. The first-order valence-corrected chi connectivity index (χ1v) is 17.2. The Labute approximate surface area is 277 Å². The number of hydrogen-bond acceptors (Lipinski definition) is 6. The maximum absolute atomic E-state index is 13.8. The van der Waals surface area contributed by atoms with Crippen LogP contribution in [0.1, 0.15) is 27.5 Å². The highest BCUT2D eigenvalue weighted by Crippen LogP contribution is 2.47. The zero-order valence-corrected chi connectivity index (χ0v) is 27.3.